The smallest absolute Gasteiger partial charge is 0.282 e. The van der Waals surface area contributed by atoms with Gasteiger partial charge >= 0.3 is 0 Å². The number of aryl methyl sites for hydroxylation is 1. The minimum absolute atomic E-state index is 0.224. The summed E-state index contributed by atoms with van der Waals surface area (Å²) in [6.45, 7) is 2.18. The van der Waals surface area contributed by atoms with Crippen molar-refractivity contribution >= 4 is 49.5 Å². The first kappa shape index (κ1) is 23.8. The first-order valence-corrected chi connectivity index (χ1v) is 12.3. The maximum Gasteiger partial charge on any atom is 0.282 e. The summed E-state index contributed by atoms with van der Waals surface area (Å²) in [5.74, 6) is 1.19. The van der Waals surface area contributed by atoms with Crippen LogP contribution in [0.25, 0.3) is 21.7 Å². The van der Waals surface area contributed by atoms with E-state index in [9.17, 15) is 4.79 Å². The average molecular weight is 541 g/mol. The summed E-state index contributed by atoms with van der Waals surface area (Å²) in [5.41, 5.74) is 3.29. The lowest BCUT2D eigenvalue weighted by Gasteiger charge is -2.16. The molecule has 0 fully saturated rings. The molecule has 0 aliphatic carbocycles. The van der Waals surface area contributed by atoms with E-state index in [0.717, 1.165) is 26.7 Å². The highest BCUT2D eigenvalue weighted by atomic mass is 79.9. The fourth-order valence-electron chi connectivity index (χ4n) is 4.12. The van der Waals surface area contributed by atoms with Crippen molar-refractivity contribution in [1.29, 1.82) is 0 Å². The molecule has 0 N–H and O–H groups in total. The van der Waals surface area contributed by atoms with Gasteiger partial charge in [-0.05, 0) is 53.6 Å². The molecule has 0 aliphatic rings. The molecule has 0 amide bonds. The Morgan fingerprint density at radius 2 is 1.81 bits per heavy atom. The summed E-state index contributed by atoms with van der Waals surface area (Å²) >= 11 is 3.43. The van der Waals surface area contributed by atoms with Gasteiger partial charge in [0.2, 0.25) is 0 Å². The first-order valence-electron chi connectivity index (χ1n) is 11.5. The quantitative estimate of drug-likeness (QED) is 0.242. The third-order valence-corrected chi connectivity index (χ3v) is 6.55. The van der Waals surface area contributed by atoms with E-state index < -0.39 is 0 Å². The number of halogens is 1. The summed E-state index contributed by atoms with van der Waals surface area (Å²) in [7, 11) is 3.97. The lowest BCUT2D eigenvalue weighted by atomic mass is 10.1. The predicted molar refractivity (Wildman–Crippen MR) is 150 cm³/mol. The Morgan fingerprint density at radius 3 is 2.64 bits per heavy atom. The van der Waals surface area contributed by atoms with Gasteiger partial charge in [-0.2, -0.15) is 9.78 Å². The minimum Gasteiger partial charge on any atom is -0.488 e. The second kappa shape index (κ2) is 9.95. The van der Waals surface area contributed by atoms with Crippen LogP contribution in [0.3, 0.4) is 0 Å². The van der Waals surface area contributed by atoms with Gasteiger partial charge in [-0.25, -0.2) is 4.98 Å². The van der Waals surface area contributed by atoms with E-state index in [1.165, 1.54) is 10.1 Å². The van der Waals surface area contributed by atoms with Gasteiger partial charge in [-0.15, -0.1) is 0 Å². The van der Waals surface area contributed by atoms with E-state index in [2.05, 4.69) is 50.3 Å². The van der Waals surface area contributed by atoms with E-state index in [0.29, 0.717) is 29.1 Å². The largest absolute Gasteiger partial charge is 0.488 e. The SMILES string of the molecule is Cc1nc2ccc(Br)cc2c(=O)n1N=Cc1ccc(N(C)C)cc1OCc1cccc2ccccc12. The van der Waals surface area contributed by atoms with Crippen LogP contribution in [-0.4, -0.2) is 30.0 Å². The zero-order valence-electron chi connectivity index (χ0n) is 20.3. The highest BCUT2D eigenvalue weighted by Gasteiger charge is 2.10. The third-order valence-electron chi connectivity index (χ3n) is 6.06. The Kier molecular flexibility index (Phi) is 6.57. The maximum absolute atomic E-state index is 13.1. The van der Waals surface area contributed by atoms with Crippen molar-refractivity contribution in [3.63, 3.8) is 0 Å². The molecule has 6 nitrogen and oxygen atoms in total. The monoisotopic (exact) mass is 540 g/mol. The second-order valence-electron chi connectivity index (χ2n) is 8.73. The van der Waals surface area contributed by atoms with E-state index >= 15 is 0 Å². The highest BCUT2D eigenvalue weighted by molar-refractivity contribution is 9.10. The molecule has 180 valence electrons. The summed E-state index contributed by atoms with van der Waals surface area (Å²) in [5, 5.41) is 7.34. The molecule has 0 saturated carbocycles. The molecule has 0 saturated heterocycles. The van der Waals surface area contributed by atoms with Gasteiger partial charge in [-0.1, -0.05) is 58.4 Å². The standard InChI is InChI=1S/C29H25BrN4O2/c1-19-32-27-14-12-23(30)15-26(27)29(35)34(19)31-17-21-11-13-24(33(2)3)16-28(21)36-18-22-9-6-8-20-7-4-5-10-25(20)22/h4-17H,18H2,1-3H3. The minimum atomic E-state index is -0.224. The molecule has 0 bridgehead atoms. The van der Waals surface area contributed by atoms with Crippen molar-refractivity contribution in [3.8, 4) is 5.75 Å². The van der Waals surface area contributed by atoms with E-state index in [4.69, 9.17) is 4.74 Å². The van der Waals surface area contributed by atoms with Crippen molar-refractivity contribution in [2.24, 2.45) is 5.10 Å². The lowest BCUT2D eigenvalue weighted by Crippen LogP contribution is -2.20. The second-order valence-corrected chi connectivity index (χ2v) is 9.64. The van der Waals surface area contributed by atoms with E-state index in [-0.39, 0.29) is 5.56 Å². The molecule has 5 rings (SSSR count). The van der Waals surface area contributed by atoms with Crippen LogP contribution in [0, 0.1) is 6.92 Å². The molecule has 7 heteroatoms. The zero-order chi connectivity index (χ0) is 25.2. The predicted octanol–water partition coefficient (Wildman–Crippen LogP) is 6.15. The Labute approximate surface area is 217 Å². The van der Waals surface area contributed by atoms with Crippen LogP contribution in [0.15, 0.2) is 93.2 Å². The topological polar surface area (TPSA) is 59.7 Å². The molecule has 0 atom stereocenters. The van der Waals surface area contributed by atoms with Gasteiger partial charge < -0.3 is 9.64 Å². The van der Waals surface area contributed by atoms with Crippen LogP contribution >= 0.6 is 15.9 Å². The van der Waals surface area contributed by atoms with Gasteiger partial charge in [0.25, 0.3) is 5.56 Å². The number of hydrogen-bond donors (Lipinski definition) is 0. The number of benzene rings is 4. The number of ether oxygens (including phenoxy) is 1. The zero-order valence-corrected chi connectivity index (χ0v) is 21.9. The van der Waals surface area contributed by atoms with Crippen molar-refractivity contribution in [2.45, 2.75) is 13.5 Å². The van der Waals surface area contributed by atoms with Gasteiger partial charge in [0, 0.05) is 35.9 Å². The van der Waals surface area contributed by atoms with Gasteiger partial charge in [0.1, 0.15) is 18.2 Å². The molecule has 1 heterocycles. The molecule has 0 unspecified atom stereocenters. The Balaban J connectivity index is 1.51. The summed E-state index contributed by atoms with van der Waals surface area (Å²) in [6, 6.07) is 25.9. The number of hydrogen-bond acceptors (Lipinski definition) is 5. The number of anilines is 1. The number of fused-ring (bicyclic) bond motifs is 2. The first-order chi connectivity index (χ1) is 17.4. The Hall–Kier alpha value is -3.97. The number of aromatic nitrogens is 2. The molecular formula is C29H25BrN4O2. The fraction of sp³-hybridized carbons (Fsp3) is 0.138. The van der Waals surface area contributed by atoms with Crippen molar-refractivity contribution in [1.82, 2.24) is 9.66 Å². The van der Waals surface area contributed by atoms with Crippen LogP contribution in [0.1, 0.15) is 17.0 Å². The Morgan fingerprint density at radius 1 is 1.00 bits per heavy atom. The van der Waals surface area contributed by atoms with Crippen LogP contribution in [-0.2, 0) is 6.61 Å². The Bertz CT molecular complexity index is 1670. The van der Waals surface area contributed by atoms with Crippen LogP contribution < -0.4 is 15.2 Å². The molecule has 0 radical (unpaired) electrons. The highest BCUT2D eigenvalue weighted by Crippen LogP contribution is 2.26. The van der Waals surface area contributed by atoms with Crippen molar-refractivity contribution in [3.05, 3.63) is 111 Å². The van der Waals surface area contributed by atoms with Crippen LogP contribution in [0.2, 0.25) is 0 Å². The molecular weight excluding hydrogens is 516 g/mol. The van der Waals surface area contributed by atoms with Crippen molar-refractivity contribution < 1.29 is 4.74 Å². The average Bonchev–Trinajstić information content (AvgIpc) is 2.88. The molecule has 0 aliphatic heterocycles. The van der Waals surface area contributed by atoms with Crippen molar-refractivity contribution in [2.75, 3.05) is 19.0 Å². The van der Waals surface area contributed by atoms with Gasteiger partial charge in [0.15, 0.2) is 0 Å². The summed E-state index contributed by atoms with van der Waals surface area (Å²) in [6.07, 6.45) is 1.65. The molecule has 5 aromatic rings. The third kappa shape index (κ3) is 4.75. The van der Waals surface area contributed by atoms with Crippen LogP contribution in [0.4, 0.5) is 5.69 Å². The normalized spacial score (nSPS) is 11.4. The molecule has 1 aromatic heterocycles. The fourth-order valence-corrected chi connectivity index (χ4v) is 4.48. The lowest BCUT2D eigenvalue weighted by molar-refractivity contribution is 0.307. The van der Waals surface area contributed by atoms with E-state index in [1.807, 2.05) is 67.5 Å². The molecule has 4 aromatic carbocycles. The van der Waals surface area contributed by atoms with Gasteiger partial charge in [0.05, 0.1) is 17.1 Å². The summed E-state index contributed by atoms with van der Waals surface area (Å²) in [4.78, 5) is 19.7. The number of nitrogens with zero attached hydrogens (tertiary/aromatic N) is 4. The maximum atomic E-state index is 13.1. The summed E-state index contributed by atoms with van der Waals surface area (Å²) < 4.78 is 8.47. The van der Waals surface area contributed by atoms with E-state index in [1.54, 1.807) is 19.2 Å². The van der Waals surface area contributed by atoms with Gasteiger partial charge in [-0.3, -0.25) is 4.79 Å². The molecule has 0 spiro atoms. The number of rotatable bonds is 6. The molecule has 36 heavy (non-hydrogen) atoms. The van der Waals surface area contributed by atoms with Crippen LogP contribution in [0.5, 0.6) is 5.75 Å².